The van der Waals surface area contributed by atoms with Crippen LogP contribution < -0.4 is 5.12 Å². The maximum atomic E-state index is 12.7. The van der Waals surface area contributed by atoms with Gasteiger partial charge < -0.3 is 0 Å². The highest BCUT2D eigenvalue weighted by atomic mass is 19.2. The molecule has 0 saturated carbocycles. The molecule has 0 aliphatic heterocycles. The number of rotatable bonds is 1. The maximum Gasteiger partial charge on any atom is 0.116 e. The molecule has 0 unspecified atom stereocenters. The Kier molecular flexibility index (Phi) is 2.03. The Labute approximate surface area is 64.8 Å². The van der Waals surface area contributed by atoms with Crippen molar-refractivity contribution in [3.8, 4) is 0 Å². The van der Waals surface area contributed by atoms with Crippen molar-refractivity contribution in [3.63, 3.8) is 0 Å². The smallest absolute Gasteiger partial charge is 0.116 e. The topological polar surface area (TPSA) is 29.0 Å². The quantitative estimate of drug-likeness (QED) is 0.574. The van der Waals surface area contributed by atoms with E-state index in [-0.39, 0.29) is 0 Å². The van der Waals surface area contributed by atoms with Gasteiger partial charge in [0.2, 0.25) is 0 Å². The molecule has 1 aromatic heterocycles. The Bertz CT molecular complexity index is 240. The van der Waals surface area contributed by atoms with Gasteiger partial charge in [-0.2, -0.15) is 0 Å². The van der Waals surface area contributed by atoms with Crippen LogP contribution in [-0.2, 0) is 0 Å². The van der Waals surface area contributed by atoms with Crippen molar-refractivity contribution in [1.82, 2.24) is 9.97 Å². The van der Waals surface area contributed by atoms with Crippen LogP contribution >= 0.6 is 0 Å². The first kappa shape index (κ1) is 7.91. The van der Waals surface area contributed by atoms with Crippen molar-refractivity contribution in [2.45, 2.75) is 13.8 Å². The Morgan fingerprint density at radius 2 is 1.73 bits per heavy atom. The van der Waals surface area contributed by atoms with Crippen LogP contribution in [0.25, 0.3) is 0 Å². The zero-order valence-electron chi connectivity index (χ0n) is 6.80. The van der Waals surface area contributed by atoms with Gasteiger partial charge in [-0.05, 0) is 13.8 Å². The average Bonchev–Trinajstić information content (AvgIpc) is 1.85. The minimum atomic E-state index is 0.451. The molecule has 0 bridgehead atoms. The van der Waals surface area contributed by atoms with Crippen LogP contribution in [0.2, 0.25) is 0 Å². The van der Waals surface area contributed by atoms with Crippen LogP contribution in [0.5, 0.6) is 0 Å². The van der Waals surface area contributed by atoms with Crippen molar-refractivity contribution in [3.05, 3.63) is 17.7 Å². The molecule has 0 aliphatic carbocycles. The molecule has 1 heterocycles. The first-order chi connectivity index (χ1) is 5.13. The monoisotopic (exact) mass is 155 g/mol. The third kappa shape index (κ3) is 1.45. The van der Waals surface area contributed by atoms with E-state index in [0.717, 1.165) is 0 Å². The Morgan fingerprint density at radius 1 is 1.27 bits per heavy atom. The van der Waals surface area contributed by atoms with Gasteiger partial charge in [0.25, 0.3) is 0 Å². The fourth-order valence-electron chi connectivity index (χ4n) is 1.03. The second-order valence-electron chi connectivity index (χ2n) is 2.37. The SMILES string of the molecule is Cc1ncnc(C)c1N(C)F. The summed E-state index contributed by atoms with van der Waals surface area (Å²) in [5, 5.41) is 0.532. The van der Waals surface area contributed by atoms with Crippen LogP contribution in [-0.4, -0.2) is 17.0 Å². The second kappa shape index (κ2) is 2.82. The summed E-state index contributed by atoms with van der Waals surface area (Å²) in [5.74, 6) is 0. The number of aryl methyl sites for hydroxylation is 2. The van der Waals surface area contributed by atoms with Crippen LogP contribution in [0, 0.1) is 13.8 Å². The number of halogens is 1. The minimum absolute atomic E-state index is 0.451. The van der Waals surface area contributed by atoms with Crippen molar-refractivity contribution < 1.29 is 4.48 Å². The van der Waals surface area contributed by atoms with Crippen LogP contribution in [0.3, 0.4) is 0 Å². The van der Waals surface area contributed by atoms with Gasteiger partial charge in [0.1, 0.15) is 12.0 Å². The first-order valence-electron chi connectivity index (χ1n) is 3.30. The number of hydrogen-bond acceptors (Lipinski definition) is 3. The van der Waals surface area contributed by atoms with Gasteiger partial charge in [-0.15, -0.1) is 4.48 Å². The highest BCUT2D eigenvalue weighted by molar-refractivity contribution is 5.50. The Hall–Kier alpha value is -1.19. The molecule has 0 atom stereocenters. The van der Waals surface area contributed by atoms with Crippen LogP contribution in [0.1, 0.15) is 11.4 Å². The summed E-state index contributed by atoms with van der Waals surface area (Å²) in [6.07, 6.45) is 1.43. The third-order valence-corrected chi connectivity index (χ3v) is 1.50. The number of aromatic nitrogens is 2. The molecule has 0 radical (unpaired) electrons. The van der Waals surface area contributed by atoms with Crippen molar-refractivity contribution in [2.24, 2.45) is 0 Å². The molecule has 0 aliphatic rings. The number of nitrogens with zero attached hydrogens (tertiary/aromatic N) is 3. The molecular weight excluding hydrogens is 145 g/mol. The predicted octanol–water partition coefficient (Wildman–Crippen LogP) is 1.41. The Balaban J connectivity index is 3.21. The van der Waals surface area contributed by atoms with E-state index < -0.39 is 0 Å². The van der Waals surface area contributed by atoms with Crippen molar-refractivity contribution in [2.75, 3.05) is 12.2 Å². The van der Waals surface area contributed by atoms with Crippen molar-refractivity contribution >= 4 is 5.69 Å². The van der Waals surface area contributed by atoms with Gasteiger partial charge in [0.15, 0.2) is 0 Å². The van der Waals surface area contributed by atoms with Crippen molar-refractivity contribution in [1.29, 1.82) is 0 Å². The molecule has 0 aromatic carbocycles. The van der Waals surface area contributed by atoms with Gasteiger partial charge in [0, 0.05) is 7.05 Å². The van der Waals surface area contributed by atoms with Crippen LogP contribution in [0.15, 0.2) is 6.33 Å². The standard InChI is InChI=1S/C7H10FN3/c1-5-7(11(3)8)6(2)10-4-9-5/h4H,1-3H3. The molecule has 4 heteroatoms. The summed E-state index contributed by atoms with van der Waals surface area (Å²) in [6, 6.07) is 0. The fraction of sp³-hybridized carbons (Fsp3) is 0.429. The molecule has 3 nitrogen and oxygen atoms in total. The molecule has 0 fully saturated rings. The molecule has 11 heavy (non-hydrogen) atoms. The predicted molar refractivity (Wildman–Crippen MR) is 41.0 cm³/mol. The van der Waals surface area contributed by atoms with E-state index in [9.17, 15) is 4.48 Å². The van der Waals surface area contributed by atoms with Gasteiger partial charge in [-0.3, -0.25) is 0 Å². The molecule has 1 rings (SSSR count). The van der Waals surface area contributed by atoms with E-state index in [1.165, 1.54) is 13.4 Å². The van der Waals surface area contributed by atoms with Gasteiger partial charge in [-0.25, -0.2) is 15.1 Å². The molecule has 60 valence electrons. The van der Waals surface area contributed by atoms with E-state index in [1.54, 1.807) is 13.8 Å². The summed E-state index contributed by atoms with van der Waals surface area (Å²) >= 11 is 0. The van der Waals surface area contributed by atoms with E-state index >= 15 is 0 Å². The lowest BCUT2D eigenvalue weighted by molar-refractivity contribution is 0.471. The van der Waals surface area contributed by atoms with E-state index in [4.69, 9.17) is 0 Å². The highest BCUT2D eigenvalue weighted by Gasteiger charge is 2.07. The van der Waals surface area contributed by atoms with Gasteiger partial charge in [0.05, 0.1) is 11.4 Å². The van der Waals surface area contributed by atoms with Crippen LogP contribution in [0.4, 0.5) is 10.2 Å². The molecular formula is C7H10FN3. The van der Waals surface area contributed by atoms with Gasteiger partial charge in [-0.1, -0.05) is 0 Å². The highest BCUT2D eigenvalue weighted by Crippen LogP contribution is 2.19. The normalized spacial score (nSPS) is 9.82. The molecule has 1 aromatic rings. The lowest BCUT2D eigenvalue weighted by atomic mass is 10.3. The molecule has 0 spiro atoms. The lowest BCUT2D eigenvalue weighted by Gasteiger charge is -2.10. The summed E-state index contributed by atoms with van der Waals surface area (Å²) in [4.78, 5) is 7.74. The van der Waals surface area contributed by atoms with E-state index in [0.29, 0.717) is 22.2 Å². The fourth-order valence-corrected chi connectivity index (χ4v) is 1.03. The average molecular weight is 155 g/mol. The molecule has 0 saturated heterocycles. The molecule has 0 N–H and O–H groups in total. The third-order valence-electron chi connectivity index (χ3n) is 1.50. The summed E-state index contributed by atoms with van der Waals surface area (Å²) in [5.41, 5.74) is 1.76. The zero-order valence-corrected chi connectivity index (χ0v) is 6.80. The second-order valence-corrected chi connectivity index (χ2v) is 2.37. The Morgan fingerprint density at radius 3 is 2.00 bits per heavy atom. The number of hydrogen-bond donors (Lipinski definition) is 0. The largest absolute Gasteiger partial charge is 0.239 e. The summed E-state index contributed by atoms with van der Waals surface area (Å²) < 4.78 is 12.7. The lowest BCUT2D eigenvalue weighted by Crippen LogP contribution is -2.08. The maximum absolute atomic E-state index is 12.7. The zero-order chi connectivity index (χ0) is 8.43. The molecule has 0 amide bonds. The summed E-state index contributed by atoms with van der Waals surface area (Å²) in [7, 11) is 1.33. The number of anilines is 1. The first-order valence-corrected chi connectivity index (χ1v) is 3.30. The van der Waals surface area contributed by atoms with E-state index in [2.05, 4.69) is 9.97 Å². The minimum Gasteiger partial charge on any atom is -0.239 e. The van der Waals surface area contributed by atoms with Gasteiger partial charge >= 0.3 is 0 Å². The summed E-state index contributed by atoms with van der Waals surface area (Å²) in [6.45, 7) is 3.50. The van der Waals surface area contributed by atoms with E-state index in [1.807, 2.05) is 0 Å².